The van der Waals surface area contributed by atoms with Crippen molar-refractivity contribution in [3.8, 4) is 0 Å². The molecule has 0 aromatic carbocycles. The van der Waals surface area contributed by atoms with Crippen molar-refractivity contribution in [2.45, 2.75) is 39.2 Å². The van der Waals surface area contributed by atoms with Gasteiger partial charge in [0.15, 0.2) is 0 Å². The summed E-state index contributed by atoms with van der Waals surface area (Å²) in [5.41, 5.74) is 0. The van der Waals surface area contributed by atoms with Gasteiger partial charge in [0.1, 0.15) is 0 Å². The van der Waals surface area contributed by atoms with Crippen molar-refractivity contribution in [3.05, 3.63) is 0 Å². The third-order valence-electron chi connectivity index (χ3n) is 3.79. The maximum Gasteiger partial charge on any atom is 0.279 e. The first-order chi connectivity index (χ1) is 8.47. The van der Waals surface area contributed by atoms with E-state index in [-0.39, 0.29) is 18.4 Å². The number of hydrogen-bond acceptors (Lipinski definition) is 3. The summed E-state index contributed by atoms with van der Waals surface area (Å²) in [6.45, 7) is 7.30. The maximum atomic E-state index is 12.3. The molecule has 5 nitrogen and oxygen atoms in total. The van der Waals surface area contributed by atoms with Gasteiger partial charge in [0.25, 0.3) is 10.2 Å². The molecule has 0 amide bonds. The Balaban J connectivity index is 0.00000180. The second-order valence-corrected chi connectivity index (χ2v) is 7.63. The van der Waals surface area contributed by atoms with E-state index >= 15 is 0 Å². The predicted molar refractivity (Wildman–Crippen MR) is 79.7 cm³/mol. The summed E-state index contributed by atoms with van der Waals surface area (Å²) >= 11 is 0. The summed E-state index contributed by atoms with van der Waals surface area (Å²) in [5, 5.41) is 3.23. The molecule has 0 aliphatic carbocycles. The van der Waals surface area contributed by atoms with Gasteiger partial charge in [-0.1, -0.05) is 13.8 Å². The van der Waals surface area contributed by atoms with Gasteiger partial charge in [-0.3, -0.25) is 0 Å². The number of rotatable bonds is 3. The molecular formula is C12H26ClN3O2S. The predicted octanol–water partition coefficient (Wildman–Crippen LogP) is 0.972. The summed E-state index contributed by atoms with van der Waals surface area (Å²) < 4.78 is 29.1. The molecule has 0 spiro atoms. The van der Waals surface area contributed by atoms with E-state index in [1.165, 1.54) is 0 Å². The van der Waals surface area contributed by atoms with Gasteiger partial charge in [0.05, 0.1) is 0 Å². The molecule has 3 atom stereocenters. The molecule has 2 fully saturated rings. The lowest BCUT2D eigenvalue weighted by Crippen LogP contribution is -2.53. The van der Waals surface area contributed by atoms with Gasteiger partial charge in [-0.15, -0.1) is 12.4 Å². The van der Waals surface area contributed by atoms with Crippen LogP contribution in [0.3, 0.4) is 0 Å². The van der Waals surface area contributed by atoms with Crippen LogP contribution in [0.5, 0.6) is 0 Å². The Morgan fingerprint density at radius 3 is 2.37 bits per heavy atom. The second-order valence-electron chi connectivity index (χ2n) is 5.93. The summed E-state index contributed by atoms with van der Waals surface area (Å²) in [6.07, 6.45) is 3.10. The van der Waals surface area contributed by atoms with E-state index in [1.54, 1.807) is 4.31 Å². The standard InChI is InChI=1S/C12H25N3O2S.ClH/c1-10-6-11(2)9-15(8-10)18(16,17)14-12-4-3-5-13-7-12;/h10-14H,3-9H2,1-2H3;1H. The molecule has 2 aliphatic rings. The molecule has 0 bridgehead atoms. The lowest BCUT2D eigenvalue weighted by Gasteiger charge is -2.35. The van der Waals surface area contributed by atoms with Crippen molar-refractivity contribution >= 4 is 22.6 Å². The largest absolute Gasteiger partial charge is 0.315 e. The third-order valence-corrected chi connectivity index (χ3v) is 5.40. The molecule has 2 N–H and O–H groups in total. The van der Waals surface area contributed by atoms with Gasteiger partial charge >= 0.3 is 0 Å². The van der Waals surface area contributed by atoms with E-state index in [4.69, 9.17) is 0 Å². The number of nitrogens with zero attached hydrogens (tertiary/aromatic N) is 1. The second kappa shape index (κ2) is 7.22. The average Bonchev–Trinajstić information content (AvgIpc) is 2.28. The molecule has 7 heteroatoms. The molecule has 0 saturated carbocycles. The molecule has 114 valence electrons. The fraction of sp³-hybridized carbons (Fsp3) is 1.00. The Labute approximate surface area is 123 Å². The zero-order chi connectivity index (χ0) is 13.2. The fourth-order valence-electron chi connectivity index (χ4n) is 3.04. The van der Waals surface area contributed by atoms with Crippen LogP contribution in [-0.2, 0) is 10.2 Å². The van der Waals surface area contributed by atoms with Crippen molar-refractivity contribution in [3.63, 3.8) is 0 Å². The van der Waals surface area contributed by atoms with Crippen LogP contribution >= 0.6 is 12.4 Å². The lowest BCUT2D eigenvalue weighted by atomic mass is 9.94. The third kappa shape index (κ3) is 4.86. The number of halogens is 1. The Kier molecular flexibility index (Phi) is 6.53. The Hall–Kier alpha value is 0.120. The van der Waals surface area contributed by atoms with E-state index in [1.807, 2.05) is 0 Å². The average molecular weight is 312 g/mol. The van der Waals surface area contributed by atoms with Crippen LogP contribution in [0.1, 0.15) is 33.1 Å². The molecule has 2 heterocycles. The zero-order valence-corrected chi connectivity index (χ0v) is 13.4. The van der Waals surface area contributed by atoms with Crippen LogP contribution in [0.25, 0.3) is 0 Å². The minimum atomic E-state index is -3.31. The van der Waals surface area contributed by atoms with E-state index < -0.39 is 10.2 Å². The minimum absolute atomic E-state index is 0. The van der Waals surface area contributed by atoms with Crippen LogP contribution in [0.15, 0.2) is 0 Å². The van der Waals surface area contributed by atoms with Crippen molar-refractivity contribution in [1.29, 1.82) is 0 Å². The van der Waals surface area contributed by atoms with Gasteiger partial charge in [-0.2, -0.15) is 17.4 Å². The molecule has 2 aliphatic heterocycles. The number of piperidine rings is 2. The van der Waals surface area contributed by atoms with E-state index in [0.717, 1.165) is 32.4 Å². The molecule has 0 aromatic heterocycles. The molecule has 19 heavy (non-hydrogen) atoms. The summed E-state index contributed by atoms with van der Waals surface area (Å²) in [7, 11) is -3.31. The van der Waals surface area contributed by atoms with Crippen LogP contribution in [0.2, 0.25) is 0 Å². The summed E-state index contributed by atoms with van der Waals surface area (Å²) in [4.78, 5) is 0. The normalized spacial score (nSPS) is 33.7. The van der Waals surface area contributed by atoms with Crippen LogP contribution < -0.4 is 10.0 Å². The topological polar surface area (TPSA) is 61.4 Å². The van der Waals surface area contributed by atoms with E-state index in [0.29, 0.717) is 24.9 Å². The highest BCUT2D eigenvalue weighted by Gasteiger charge is 2.32. The molecule has 2 rings (SSSR count). The van der Waals surface area contributed by atoms with Crippen molar-refractivity contribution < 1.29 is 8.42 Å². The molecule has 2 saturated heterocycles. The first kappa shape index (κ1) is 17.2. The van der Waals surface area contributed by atoms with Gasteiger partial charge in [0, 0.05) is 25.7 Å². The summed E-state index contributed by atoms with van der Waals surface area (Å²) in [6, 6.07) is 0.0521. The lowest BCUT2D eigenvalue weighted by molar-refractivity contribution is 0.219. The van der Waals surface area contributed by atoms with Crippen LogP contribution in [-0.4, -0.2) is 44.9 Å². The smallest absolute Gasteiger partial charge is 0.279 e. The van der Waals surface area contributed by atoms with Crippen LogP contribution in [0, 0.1) is 11.8 Å². The van der Waals surface area contributed by atoms with Crippen molar-refractivity contribution in [2.75, 3.05) is 26.2 Å². The highest BCUT2D eigenvalue weighted by Crippen LogP contribution is 2.23. The quantitative estimate of drug-likeness (QED) is 0.816. The van der Waals surface area contributed by atoms with Crippen molar-refractivity contribution in [1.82, 2.24) is 14.3 Å². The molecule has 0 radical (unpaired) electrons. The van der Waals surface area contributed by atoms with Crippen molar-refractivity contribution in [2.24, 2.45) is 11.8 Å². The molecular weight excluding hydrogens is 286 g/mol. The fourth-order valence-corrected chi connectivity index (χ4v) is 4.71. The Morgan fingerprint density at radius 2 is 1.84 bits per heavy atom. The first-order valence-corrected chi connectivity index (χ1v) is 8.39. The number of hydrogen-bond donors (Lipinski definition) is 2. The maximum absolute atomic E-state index is 12.3. The van der Waals surface area contributed by atoms with Crippen LogP contribution in [0.4, 0.5) is 0 Å². The summed E-state index contributed by atoms with van der Waals surface area (Å²) in [5.74, 6) is 0.907. The Morgan fingerprint density at radius 1 is 1.21 bits per heavy atom. The van der Waals surface area contributed by atoms with E-state index in [2.05, 4.69) is 23.9 Å². The monoisotopic (exact) mass is 311 g/mol. The molecule has 0 aromatic rings. The minimum Gasteiger partial charge on any atom is -0.315 e. The van der Waals surface area contributed by atoms with Gasteiger partial charge in [-0.05, 0) is 37.6 Å². The highest BCUT2D eigenvalue weighted by molar-refractivity contribution is 7.87. The Bertz CT molecular complexity index is 361. The van der Waals surface area contributed by atoms with E-state index in [9.17, 15) is 8.42 Å². The van der Waals surface area contributed by atoms with Gasteiger partial charge < -0.3 is 5.32 Å². The highest BCUT2D eigenvalue weighted by atomic mass is 35.5. The number of nitrogens with one attached hydrogen (secondary N) is 2. The molecule has 3 unspecified atom stereocenters. The van der Waals surface area contributed by atoms with Gasteiger partial charge in [-0.25, -0.2) is 0 Å². The zero-order valence-electron chi connectivity index (χ0n) is 11.8. The first-order valence-electron chi connectivity index (χ1n) is 6.95. The SMILES string of the molecule is CC1CC(C)CN(S(=O)(=O)NC2CCCNC2)C1.Cl. The van der Waals surface area contributed by atoms with Gasteiger partial charge in [0.2, 0.25) is 0 Å².